The maximum atomic E-state index is 12.1. The third-order valence-electron chi connectivity index (χ3n) is 3.56. The fourth-order valence-corrected chi connectivity index (χ4v) is 2.41. The number of carbonyl (C=O) groups is 2. The molecule has 2 rings (SSSR count). The number of rotatable bonds is 5. The summed E-state index contributed by atoms with van der Waals surface area (Å²) in [5.74, 6) is -0.160. The van der Waals surface area contributed by atoms with E-state index in [2.05, 4.69) is 15.2 Å². The van der Waals surface area contributed by atoms with E-state index in [0.29, 0.717) is 19.0 Å². The molecule has 0 atom stereocenters. The summed E-state index contributed by atoms with van der Waals surface area (Å²) >= 11 is 0. The van der Waals surface area contributed by atoms with Gasteiger partial charge in [0.25, 0.3) is 5.91 Å². The molecule has 5 heteroatoms. The van der Waals surface area contributed by atoms with Crippen LogP contribution in [0.4, 0.5) is 0 Å². The first-order valence-electron chi connectivity index (χ1n) is 6.71. The molecule has 0 saturated heterocycles. The molecule has 0 unspecified atom stereocenters. The predicted molar refractivity (Wildman–Crippen MR) is 73.2 cm³/mol. The summed E-state index contributed by atoms with van der Waals surface area (Å²) in [6.07, 6.45) is 2.71. The first-order valence-corrected chi connectivity index (χ1v) is 6.71. The number of aryl methyl sites for hydroxylation is 1. The molecule has 104 valence electrons. The highest BCUT2D eigenvalue weighted by Crippen LogP contribution is 2.38. The van der Waals surface area contributed by atoms with Crippen LogP contribution in [0.15, 0.2) is 6.07 Å². The van der Waals surface area contributed by atoms with Gasteiger partial charge < -0.3 is 15.2 Å². The van der Waals surface area contributed by atoms with Crippen LogP contribution in [0.25, 0.3) is 0 Å². The molecule has 5 nitrogen and oxygen atoms in total. The van der Waals surface area contributed by atoms with Crippen LogP contribution in [0.5, 0.6) is 0 Å². The van der Waals surface area contributed by atoms with Crippen molar-refractivity contribution in [3.8, 4) is 0 Å². The number of carbonyl (C=O) groups excluding carboxylic acids is 2. The summed E-state index contributed by atoms with van der Waals surface area (Å²) in [4.78, 5) is 23.2. The number of nitrogens with one attached hydrogen (secondary N) is 2. The Balaban J connectivity index is 1.99. The van der Waals surface area contributed by atoms with Gasteiger partial charge in [0.15, 0.2) is 0 Å². The highest BCUT2D eigenvalue weighted by molar-refractivity contribution is 5.96. The van der Waals surface area contributed by atoms with Crippen LogP contribution in [-0.2, 0) is 4.79 Å². The van der Waals surface area contributed by atoms with E-state index in [0.717, 1.165) is 17.0 Å². The Hall–Kier alpha value is -1.78. The molecule has 0 aromatic carbocycles. The van der Waals surface area contributed by atoms with Gasteiger partial charge in [-0.3, -0.25) is 9.59 Å². The Labute approximate surface area is 113 Å². The van der Waals surface area contributed by atoms with Crippen LogP contribution in [0.3, 0.4) is 0 Å². The number of nitrogens with zero attached hydrogens (tertiary/aromatic N) is 1. The number of aromatic nitrogens is 1. The average molecular weight is 263 g/mol. The molecule has 1 aliphatic carbocycles. The number of amides is 2. The lowest BCUT2D eigenvalue weighted by atomic mass is 10.2. The van der Waals surface area contributed by atoms with Crippen LogP contribution in [0, 0.1) is 13.8 Å². The molecule has 19 heavy (non-hydrogen) atoms. The fourth-order valence-electron chi connectivity index (χ4n) is 2.41. The van der Waals surface area contributed by atoms with Crippen LogP contribution >= 0.6 is 0 Å². The van der Waals surface area contributed by atoms with Crippen molar-refractivity contribution < 1.29 is 9.59 Å². The molecule has 0 spiro atoms. The Morgan fingerprint density at radius 1 is 1.37 bits per heavy atom. The topological polar surface area (TPSA) is 63.1 Å². The summed E-state index contributed by atoms with van der Waals surface area (Å²) in [5, 5.41) is 5.32. The molecule has 1 saturated carbocycles. The molecule has 1 aromatic rings. The van der Waals surface area contributed by atoms with E-state index < -0.39 is 0 Å². The summed E-state index contributed by atoms with van der Waals surface area (Å²) in [7, 11) is 1.59. The third-order valence-corrected chi connectivity index (χ3v) is 3.56. The molecule has 0 radical (unpaired) electrons. The molecule has 1 aliphatic rings. The second-order valence-corrected chi connectivity index (χ2v) is 5.07. The van der Waals surface area contributed by atoms with Gasteiger partial charge in [-0.05, 0) is 32.8 Å². The van der Waals surface area contributed by atoms with Crippen molar-refractivity contribution in [1.82, 2.24) is 15.2 Å². The smallest absolute Gasteiger partial charge is 0.253 e. The van der Waals surface area contributed by atoms with Crippen LogP contribution in [-0.4, -0.2) is 30.0 Å². The van der Waals surface area contributed by atoms with Crippen molar-refractivity contribution in [3.63, 3.8) is 0 Å². The Morgan fingerprint density at radius 2 is 2.05 bits per heavy atom. The van der Waals surface area contributed by atoms with Crippen molar-refractivity contribution in [1.29, 1.82) is 0 Å². The summed E-state index contributed by atoms with van der Waals surface area (Å²) in [6.45, 7) is 4.39. The molecule has 2 amide bonds. The first-order chi connectivity index (χ1) is 9.04. The summed E-state index contributed by atoms with van der Waals surface area (Å²) < 4.78 is 2.24. The fraction of sp³-hybridized carbons (Fsp3) is 0.571. The van der Waals surface area contributed by atoms with E-state index in [4.69, 9.17) is 0 Å². The monoisotopic (exact) mass is 263 g/mol. The maximum Gasteiger partial charge on any atom is 0.253 e. The van der Waals surface area contributed by atoms with Gasteiger partial charge in [-0.2, -0.15) is 0 Å². The van der Waals surface area contributed by atoms with Gasteiger partial charge in [-0.25, -0.2) is 0 Å². The van der Waals surface area contributed by atoms with E-state index in [1.807, 2.05) is 19.9 Å². The van der Waals surface area contributed by atoms with Gasteiger partial charge in [0, 0.05) is 37.4 Å². The van der Waals surface area contributed by atoms with Gasteiger partial charge in [-0.1, -0.05) is 0 Å². The second-order valence-electron chi connectivity index (χ2n) is 5.07. The minimum Gasteiger partial charge on any atom is -0.359 e. The SMILES string of the molecule is CNC(=O)CCNC(=O)c1cc(C)n(C2CC2)c1C. The van der Waals surface area contributed by atoms with Crippen molar-refractivity contribution >= 4 is 11.8 Å². The summed E-state index contributed by atoms with van der Waals surface area (Å²) in [6, 6.07) is 2.51. The normalized spacial score (nSPS) is 14.3. The molecule has 1 fully saturated rings. The van der Waals surface area contributed by atoms with Crippen molar-refractivity contribution in [3.05, 3.63) is 23.0 Å². The zero-order valence-electron chi connectivity index (χ0n) is 11.7. The van der Waals surface area contributed by atoms with Gasteiger partial charge in [0.05, 0.1) is 5.56 Å². The summed E-state index contributed by atoms with van der Waals surface area (Å²) in [5.41, 5.74) is 2.88. The highest BCUT2D eigenvalue weighted by atomic mass is 16.2. The van der Waals surface area contributed by atoms with E-state index in [1.165, 1.54) is 12.8 Å². The first kappa shape index (κ1) is 13.6. The van der Waals surface area contributed by atoms with E-state index in [9.17, 15) is 9.59 Å². The highest BCUT2D eigenvalue weighted by Gasteiger charge is 2.28. The van der Waals surface area contributed by atoms with Gasteiger partial charge >= 0.3 is 0 Å². The van der Waals surface area contributed by atoms with Gasteiger partial charge in [0.1, 0.15) is 0 Å². The Kier molecular flexibility index (Phi) is 3.93. The lowest BCUT2D eigenvalue weighted by Gasteiger charge is -2.08. The van der Waals surface area contributed by atoms with Crippen LogP contribution in [0.1, 0.15) is 47.1 Å². The third kappa shape index (κ3) is 2.97. The lowest BCUT2D eigenvalue weighted by molar-refractivity contribution is -0.120. The minimum absolute atomic E-state index is 0.0660. The van der Waals surface area contributed by atoms with Crippen LogP contribution < -0.4 is 10.6 Å². The van der Waals surface area contributed by atoms with E-state index >= 15 is 0 Å². The minimum atomic E-state index is -0.0936. The standard InChI is InChI=1S/C14H21N3O2/c1-9-8-12(10(2)17(9)11-4-5-11)14(19)16-7-6-13(18)15-3/h8,11H,4-7H2,1-3H3,(H,15,18)(H,16,19). The molecule has 1 heterocycles. The molecule has 2 N–H and O–H groups in total. The van der Waals surface area contributed by atoms with Crippen molar-refractivity contribution in [2.75, 3.05) is 13.6 Å². The second kappa shape index (κ2) is 5.47. The molecular formula is C14H21N3O2. The zero-order valence-corrected chi connectivity index (χ0v) is 11.7. The van der Waals surface area contributed by atoms with E-state index in [1.54, 1.807) is 7.05 Å². The molecule has 0 bridgehead atoms. The van der Waals surface area contributed by atoms with Gasteiger partial charge in [-0.15, -0.1) is 0 Å². The quantitative estimate of drug-likeness (QED) is 0.841. The number of hydrogen-bond donors (Lipinski definition) is 2. The zero-order chi connectivity index (χ0) is 14.0. The van der Waals surface area contributed by atoms with Gasteiger partial charge in [0.2, 0.25) is 5.91 Å². The van der Waals surface area contributed by atoms with Crippen molar-refractivity contribution in [2.45, 2.75) is 39.2 Å². The van der Waals surface area contributed by atoms with E-state index in [-0.39, 0.29) is 11.8 Å². The number of hydrogen-bond acceptors (Lipinski definition) is 2. The molecular weight excluding hydrogens is 242 g/mol. The molecule has 0 aliphatic heterocycles. The maximum absolute atomic E-state index is 12.1. The lowest BCUT2D eigenvalue weighted by Crippen LogP contribution is -2.29. The van der Waals surface area contributed by atoms with Crippen LogP contribution in [0.2, 0.25) is 0 Å². The average Bonchev–Trinajstić information content (AvgIpc) is 3.15. The Morgan fingerprint density at radius 3 is 2.63 bits per heavy atom. The predicted octanol–water partition coefficient (Wildman–Crippen LogP) is 1.31. The Bertz CT molecular complexity index is 501. The largest absolute Gasteiger partial charge is 0.359 e. The molecule has 1 aromatic heterocycles. The van der Waals surface area contributed by atoms with Crippen molar-refractivity contribution in [2.24, 2.45) is 0 Å².